The summed E-state index contributed by atoms with van der Waals surface area (Å²) in [6.45, 7) is 2.79. The van der Waals surface area contributed by atoms with E-state index in [1.807, 2.05) is 35.2 Å². The Kier molecular flexibility index (Phi) is 8.55. The number of hydrogen-bond acceptors (Lipinski definition) is 7. The van der Waals surface area contributed by atoms with Crippen LogP contribution in [-0.2, 0) is 23.8 Å². The lowest BCUT2D eigenvalue weighted by Gasteiger charge is -2.35. The number of anilines is 2. The number of halogens is 4. The first-order valence-corrected chi connectivity index (χ1v) is 14.8. The Balaban J connectivity index is 1.07. The van der Waals surface area contributed by atoms with Crippen molar-refractivity contribution in [2.45, 2.75) is 31.4 Å². The predicted molar refractivity (Wildman–Crippen MR) is 159 cm³/mol. The van der Waals surface area contributed by atoms with Gasteiger partial charge in [0, 0.05) is 57.8 Å². The molecule has 0 spiro atoms. The van der Waals surface area contributed by atoms with Crippen LogP contribution >= 0.6 is 0 Å². The Morgan fingerprint density at radius 3 is 2.29 bits per heavy atom. The third kappa shape index (κ3) is 6.84. The summed E-state index contributed by atoms with van der Waals surface area (Å²) in [5, 5.41) is 0. The molecule has 2 saturated heterocycles. The molecular formula is C33H31F4N5O3. The van der Waals surface area contributed by atoms with Crippen molar-refractivity contribution < 1.29 is 31.6 Å². The number of piperazine rings is 1. The topological polar surface area (TPSA) is 82.8 Å². The highest BCUT2D eigenvalue weighted by Gasteiger charge is 2.42. The highest BCUT2D eigenvalue weighted by Crippen LogP contribution is 2.37. The zero-order valence-electron chi connectivity index (χ0n) is 24.3. The Hall–Kier alpha value is -4.74. The van der Waals surface area contributed by atoms with Crippen molar-refractivity contribution in [3.8, 4) is 0 Å². The number of alkyl halides is 3. The standard InChI is InChI=1S/C33H31F4N5O3/c34-26-9-5-4-8-24(26)19-29(44)41-16-14-40(15-17-41)28-11-10-22(20-38-28)18-27(43)30-31(33(35,36)37)39-32(45-30)42-13-12-25(21-42)23-6-2-1-3-7-23/h1-11,20,25H,12-19,21H2. The van der Waals surface area contributed by atoms with Crippen LogP contribution in [0.4, 0.5) is 29.4 Å². The van der Waals surface area contributed by atoms with Crippen LogP contribution in [0.1, 0.15) is 45.3 Å². The van der Waals surface area contributed by atoms with Gasteiger partial charge in [0.2, 0.25) is 17.5 Å². The first kappa shape index (κ1) is 30.3. The van der Waals surface area contributed by atoms with E-state index in [4.69, 9.17) is 4.42 Å². The van der Waals surface area contributed by atoms with E-state index in [1.54, 1.807) is 40.1 Å². The van der Waals surface area contributed by atoms with Gasteiger partial charge < -0.3 is 19.1 Å². The van der Waals surface area contributed by atoms with Gasteiger partial charge >= 0.3 is 6.18 Å². The molecule has 8 nitrogen and oxygen atoms in total. The van der Waals surface area contributed by atoms with Gasteiger partial charge in [-0.05, 0) is 35.2 Å². The van der Waals surface area contributed by atoms with Crippen molar-refractivity contribution in [3.63, 3.8) is 0 Å². The first-order chi connectivity index (χ1) is 21.7. The molecule has 1 amide bonds. The van der Waals surface area contributed by atoms with Crippen molar-refractivity contribution in [3.05, 3.63) is 107 Å². The minimum atomic E-state index is -4.85. The summed E-state index contributed by atoms with van der Waals surface area (Å²) in [4.78, 5) is 39.2. The number of aromatic nitrogens is 2. The lowest BCUT2D eigenvalue weighted by atomic mass is 9.99. The number of nitrogens with zero attached hydrogens (tertiary/aromatic N) is 5. The van der Waals surface area contributed by atoms with E-state index in [2.05, 4.69) is 9.97 Å². The van der Waals surface area contributed by atoms with Gasteiger partial charge in [0.1, 0.15) is 11.6 Å². The maximum atomic E-state index is 13.9. The van der Waals surface area contributed by atoms with Crippen molar-refractivity contribution in [2.24, 2.45) is 0 Å². The number of carbonyl (C=O) groups excluding carboxylic acids is 2. The Labute approximate surface area is 257 Å². The number of hydrogen-bond donors (Lipinski definition) is 0. The summed E-state index contributed by atoms with van der Waals surface area (Å²) in [6.07, 6.45) is -3.02. The molecule has 0 bridgehead atoms. The molecule has 0 aliphatic carbocycles. The molecule has 2 aromatic heterocycles. The zero-order valence-corrected chi connectivity index (χ0v) is 24.3. The summed E-state index contributed by atoms with van der Waals surface area (Å²) in [5.74, 6) is -1.46. The number of amides is 1. The van der Waals surface area contributed by atoms with Crippen LogP contribution in [-0.4, -0.2) is 65.8 Å². The third-order valence-electron chi connectivity index (χ3n) is 8.30. The van der Waals surface area contributed by atoms with E-state index >= 15 is 0 Å². The van der Waals surface area contributed by atoms with Crippen molar-refractivity contribution in [1.29, 1.82) is 0 Å². The number of ketones is 1. The summed E-state index contributed by atoms with van der Waals surface area (Å²) in [5.41, 5.74) is 0.551. The average Bonchev–Trinajstić information content (AvgIpc) is 3.72. The van der Waals surface area contributed by atoms with E-state index < -0.39 is 29.2 Å². The normalized spacial score (nSPS) is 17.2. The van der Waals surface area contributed by atoms with Crippen LogP contribution in [0.25, 0.3) is 0 Å². The second-order valence-corrected chi connectivity index (χ2v) is 11.3. The molecule has 2 aromatic carbocycles. The van der Waals surface area contributed by atoms with E-state index in [9.17, 15) is 27.2 Å². The fourth-order valence-corrected chi connectivity index (χ4v) is 5.83. The summed E-state index contributed by atoms with van der Waals surface area (Å²) < 4.78 is 61.1. The monoisotopic (exact) mass is 621 g/mol. The lowest BCUT2D eigenvalue weighted by Crippen LogP contribution is -2.49. The molecule has 2 aliphatic heterocycles. The zero-order chi connectivity index (χ0) is 31.6. The number of Topliss-reactive ketones (excluding diaryl/α,β-unsaturated/α-hetero) is 1. The number of carbonyl (C=O) groups is 2. The van der Waals surface area contributed by atoms with Gasteiger partial charge in [-0.2, -0.15) is 18.2 Å². The van der Waals surface area contributed by atoms with Crippen LogP contribution < -0.4 is 9.80 Å². The Bertz CT molecular complexity index is 1650. The molecule has 4 heterocycles. The highest BCUT2D eigenvalue weighted by molar-refractivity contribution is 5.96. The molecule has 0 saturated carbocycles. The summed E-state index contributed by atoms with van der Waals surface area (Å²) in [6, 6.07) is 19.1. The molecular weight excluding hydrogens is 590 g/mol. The van der Waals surface area contributed by atoms with Crippen LogP contribution in [0, 0.1) is 5.82 Å². The summed E-state index contributed by atoms with van der Waals surface area (Å²) in [7, 11) is 0. The highest BCUT2D eigenvalue weighted by atomic mass is 19.4. The average molecular weight is 622 g/mol. The summed E-state index contributed by atoms with van der Waals surface area (Å²) >= 11 is 0. The van der Waals surface area contributed by atoms with Gasteiger partial charge in [-0.15, -0.1) is 0 Å². The molecule has 0 radical (unpaired) electrons. The lowest BCUT2D eigenvalue weighted by molar-refractivity contribution is -0.141. The number of pyridine rings is 1. The molecule has 0 N–H and O–H groups in total. The number of oxazole rings is 1. The van der Waals surface area contributed by atoms with Gasteiger partial charge in [0.05, 0.1) is 6.42 Å². The number of benzene rings is 2. The Morgan fingerprint density at radius 1 is 0.867 bits per heavy atom. The third-order valence-corrected chi connectivity index (χ3v) is 8.30. The SMILES string of the molecule is O=C(Cc1ccc(N2CCN(C(=O)Cc3ccccc3F)CC2)nc1)c1oc(N2CCC(c3ccccc3)C2)nc1C(F)(F)F. The molecule has 2 fully saturated rings. The molecule has 45 heavy (non-hydrogen) atoms. The minimum absolute atomic E-state index is 0.0113. The van der Waals surface area contributed by atoms with E-state index in [0.717, 1.165) is 12.0 Å². The van der Waals surface area contributed by atoms with Gasteiger partial charge in [0.25, 0.3) is 6.01 Å². The van der Waals surface area contributed by atoms with E-state index in [1.165, 1.54) is 12.3 Å². The second kappa shape index (κ2) is 12.7. The molecule has 1 unspecified atom stereocenters. The minimum Gasteiger partial charge on any atom is -0.420 e. The molecule has 4 aromatic rings. The van der Waals surface area contributed by atoms with Crippen LogP contribution in [0.3, 0.4) is 0 Å². The Morgan fingerprint density at radius 2 is 1.60 bits per heavy atom. The van der Waals surface area contributed by atoms with E-state index in [-0.39, 0.29) is 30.7 Å². The number of rotatable bonds is 8. The second-order valence-electron chi connectivity index (χ2n) is 11.3. The molecule has 2 aliphatic rings. The van der Waals surface area contributed by atoms with Crippen LogP contribution in [0.5, 0.6) is 0 Å². The van der Waals surface area contributed by atoms with Crippen molar-refractivity contribution in [2.75, 3.05) is 49.1 Å². The largest absolute Gasteiger partial charge is 0.437 e. The van der Waals surface area contributed by atoms with Crippen molar-refractivity contribution >= 4 is 23.5 Å². The predicted octanol–water partition coefficient (Wildman–Crippen LogP) is 5.54. The van der Waals surface area contributed by atoms with Crippen LogP contribution in [0.15, 0.2) is 77.3 Å². The van der Waals surface area contributed by atoms with Crippen molar-refractivity contribution in [1.82, 2.24) is 14.9 Å². The smallest absolute Gasteiger partial charge is 0.420 e. The van der Waals surface area contributed by atoms with Crippen LogP contribution in [0.2, 0.25) is 0 Å². The fourth-order valence-electron chi connectivity index (χ4n) is 5.83. The molecule has 1 atom stereocenters. The quantitative estimate of drug-likeness (QED) is 0.189. The molecule has 234 valence electrons. The maximum absolute atomic E-state index is 13.9. The van der Waals surface area contributed by atoms with Gasteiger partial charge in [0.15, 0.2) is 5.69 Å². The first-order valence-electron chi connectivity index (χ1n) is 14.8. The molecule has 6 rings (SSSR count). The maximum Gasteiger partial charge on any atom is 0.437 e. The van der Waals surface area contributed by atoms with Gasteiger partial charge in [-0.25, -0.2) is 9.37 Å². The molecule has 12 heteroatoms. The van der Waals surface area contributed by atoms with Gasteiger partial charge in [-0.1, -0.05) is 54.6 Å². The van der Waals surface area contributed by atoms with E-state index in [0.29, 0.717) is 56.2 Å². The van der Waals surface area contributed by atoms with Gasteiger partial charge in [-0.3, -0.25) is 9.59 Å². The fraction of sp³-hybridized carbons (Fsp3) is 0.333.